The van der Waals surface area contributed by atoms with Gasteiger partial charge in [0, 0.05) is 32.0 Å². The van der Waals surface area contributed by atoms with Gasteiger partial charge in [0.2, 0.25) is 0 Å². The van der Waals surface area contributed by atoms with E-state index in [9.17, 15) is 0 Å². The van der Waals surface area contributed by atoms with Crippen molar-refractivity contribution in [1.82, 2.24) is 9.97 Å². The van der Waals surface area contributed by atoms with Gasteiger partial charge >= 0.3 is 0 Å². The Morgan fingerprint density at radius 2 is 1.08 bits per heavy atom. The normalized spacial score (nSPS) is 11.8. The Balaban J connectivity index is 1.07. The van der Waals surface area contributed by atoms with Crippen LogP contribution in [0, 0.1) is 0 Å². The maximum atomic E-state index is 6.62. The van der Waals surface area contributed by atoms with E-state index in [1.807, 2.05) is 0 Å². The van der Waals surface area contributed by atoms with Gasteiger partial charge in [0.1, 0.15) is 11.2 Å². The van der Waals surface area contributed by atoms with Crippen LogP contribution in [0.25, 0.3) is 109 Å². The van der Waals surface area contributed by atoms with Gasteiger partial charge in [-0.1, -0.05) is 127 Å². The van der Waals surface area contributed by atoms with Gasteiger partial charge in [-0.15, -0.1) is 11.3 Å². The van der Waals surface area contributed by atoms with Crippen LogP contribution in [0.5, 0.6) is 0 Å². The summed E-state index contributed by atoms with van der Waals surface area (Å²) in [6, 6.07) is 60.3. The molecule has 0 bridgehead atoms. The molecule has 11 rings (SSSR count). The lowest BCUT2D eigenvalue weighted by atomic mass is 9.97. The summed E-state index contributed by atoms with van der Waals surface area (Å²) in [5.74, 6) is 0.719. The molecule has 0 aliphatic heterocycles. The molecule has 242 valence electrons. The van der Waals surface area contributed by atoms with E-state index in [0.29, 0.717) is 0 Å². The highest BCUT2D eigenvalue weighted by Gasteiger charge is 2.21. The lowest BCUT2D eigenvalue weighted by Gasteiger charge is -2.09. The van der Waals surface area contributed by atoms with E-state index in [-0.39, 0.29) is 0 Å². The number of rotatable bonds is 4. The molecule has 8 aromatic carbocycles. The van der Waals surface area contributed by atoms with Crippen molar-refractivity contribution in [2.45, 2.75) is 0 Å². The molecule has 0 spiro atoms. The topological polar surface area (TPSA) is 38.9 Å². The molecule has 0 N–H and O–H groups in total. The largest absolute Gasteiger partial charge is 0.456 e. The number of aromatic nitrogens is 2. The van der Waals surface area contributed by atoms with Crippen molar-refractivity contribution >= 4 is 75.1 Å². The molecule has 11 aromatic rings. The van der Waals surface area contributed by atoms with Crippen molar-refractivity contribution in [3.63, 3.8) is 0 Å². The fraction of sp³-hybridized carbons (Fsp3) is 0. The lowest BCUT2D eigenvalue weighted by molar-refractivity contribution is 0.669. The molecule has 3 aromatic heterocycles. The average Bonchev–Trinajstić information content (AvgIpc) is 3.78. The van der Waals surface area contributed by atoms with Gasteiger partial charge in [-0.25, -0.2) is 9.97 Å². The Labute approximate surface area is 303 Å². The first kappa shape index (κ1) is 29.1. The summed E-state index contributed by atoms with van der Waals surface area (Å²) < 4.78 is 8.90. The highest BCUT2D eigenvalue weighted by molar-refractivity contribution is 7.26. The Hall–Kier alpha value is -6.62. The lowest BCUT2D eigenvalue weighted by Crippen LogP contribution is -1.94. The maximum absolute atomic E-state index is 6.62. The Morgan fingerprint density at radius 3 is 1.94 bits per heavy atom. The molecule has 0 amide bonds. The molecule has 0 saturated heterocycles. The SMILES string of the molecule is c1ccc(-c2ccc3cc(-c4ccc5c(c4)oc4cccc(-c6nc(-c7ccc8ccccc8c7)nc7c6sc6ccccc67)c45)ccc3c2)cc1. The Morgan fingerprint density at radius 1 is 0.423 bits per heavy atom. The van der Waals surface area contributed by atoms with Crippen LogP contribution in [0.4, 0.5) is 0 Å². The number of hydrogen-bond acceptors (Lipinski definition) is 4. The van der Waals surface area contributed by atoms with Crippen molar-refractivity contribution in [3.8, 4) is 44.9 Å². The summed E-state index contributed by atoms with van der Waals surface area (Å²) >= 11 is 1.75. The predicted octanol–water partition coefficient (Wildman–Crippen LogP) is 13.7. The minimum Gasteiger partial charge on any atom is -0.456 e. The number of benzene rings is 8. The summed E-state index contributed by atoms with van der Waals surface area (Å²) in [5.41, 5.74) is 10.4. The van der Waals surface area contributed by atoms with Crippen LogP contribution in [0.2, 0.25) is 0 Å². The molecule has 3 nitrogen and oxygen atoms in total. The fourth-order valence-electron chi connectivity index (χ4n) is 7.67. The number of thiophene rings is 1. The molecule has 0 saturated carbocycles. The van der Waals surface area contributed by atoms with E-state index in [1.54, 1.807) is 11.3 Å². The van der Waals surface area contributed by atoms with Crippen molar-refractivity contribution in [2.75, 3.05) is 0 Å². The van der Waals surface area contributed by atoms with Gasteiger partial charge in [0.25, 0.3) is 0 Å². The summed E-state index contributed by atoms with van der Waals surface area (Å²) in [6.07, 6.45) is 0. The number of nitrogens with zero attached hydrogens (tertiary/aromatic N) is 2. The van der Waals surface area contributed by atoms with Crippen LogP contribution in [0.15, 0.2) is 174 Å². The second-order valence-electron chi connectivity index (χ2n) is 13.4. The van der Waals surface area contributed by atoms with Crippen LogP contribution in [-0.2, 0) is 0 Å². The predicted molar refractivity (Wildman–Crippen MR) is 219 cm³/mol. The Bertz CT molecular complexity index is 3190. The molecule has 0 radical (unpaired) electrons. The van der Waals surface area contributed by atoms with Crippen molar-refractivity contribution in [1.29, 1.82) is 0 Å². The van der Waals surface area contributed by atoms with Crippen molar-refractivity contribution < 1.29 is 4.42 Å². The molecule has 3 heterocycles. The van der Waals surface area contributed by atoms with Gasteiger partial charge < -0.3 is 4.42 Å². The first-order chi connectivity index (χ1) is 25.7. The number of hydrogen-bond donors (Lipinski definition) is 0. The number of furan rings is 1. The van der Waals surface area contributed by atoms with E-state index in [2.05, 4.69) is 170 Å². The third-order valence-electron chi connectivity index (χ3n) is 10.3. The zero-order chi connectivity index (χ0) is 34.2. The van der Waals surface area contributed by atoms with Crippen LogP contribution in [0.3, 0.4) is 0 Å². The highest BCUT2D eigenvalue weighted by Crippen LogP contribution is 2.44. The van der Waals surface area contributed by atoms with Crippen LogP contribution >= 0.6 is 11.3 Å². The first-order valence-corrected chi connectivity index (χ1v) is 18.3. The molecule has 0 fully saturated rings. The molecular weight excluding hydrogens is 653 g/mol. The van der Waals surface area contributed by atoms with Gasteiger partial charge in [0.05, 0.1) is 15.9 Å². The van der Waals surface area contributed by atoms with Crippen LogP contribution < -0.4 is 0 Å². The molecule has 0 aliphatic carbocycles. The minimum absolute atomic E-state index is 0.719. The summed E-state index contributed by atoms with van der Waals surface area (Å²) in [4.78, 5) is 10.6. The molecule has 0 aliphatic rings. The monoisotopic (exact) mass is 680 g/mol. The molecule has 52 heavy (non-hydrogen) atoms. The average molecular weight is 681 g/mol. The third kappa shape index (κ3) is 4.65. The van der Waals surface area contributed by atoms with Crippen molar-refractivity contribution in [3.05, 3.63) is 170 Å². The standard InChI is InChI=1S/C48H28N2OS/c1-2-9-29(10-3-1)32-18-19-34-26-35(21-20-33(34)25-32)36-23-24-38-42(28-36)51-41-15-8-14-40(44(38)41)46-47-45(39-13-6-7-16-43(39)52-47)49-48(50-46)37-22-17-30-11-4-5-12-31(30)27-37/h1-28H. The van der Waals surface area contributed by atoms with Crippen molar-refractivity contribution in [2.24, 2.45) is 0 Å². The molecule has 4 heteroatoms. The van der Waals surface area contributed by atoms with E-state index < -0.39 is 0 Å². The maximum Gasteiger partial charge on any atom is 0.160 e. The molecule has 0 atom stereocenters. The molecular formula is C48H28N2OS. The first-order valence-electron chi connectivity index (χ1n) is 17.5. The van der Waals surface area contributed by atoms with E-state index in [0.717, 1.165) is 71.3 Å². The second kappa shape index (κ2) is 11.5. The number of fused-ring (bicyclic) bond motifs is 8. The zero-order valence-corrected chi connectivity index (χ0v) is 28.7. The smallest absolute Gasteiger partial charge is 0.160 e. The Kier molecular flexibility index (Phi) is 6.42. The summed E-state index contributed by atoms with van der Waals surface area (Å²) in [7, 11) is 0. The van der Waals surface area contributed by atoms with Gasteiger partial charge in [-0.2, -0.15) is 0 Å². The van der Waals surface area contributed by atoms with Gasteiger partial charge in [-0.05, 0) is 86.3 Å². The highest BCUT2D eigenvalue weighted by atomic mass is 32.1. The van der Waals surface area contributed by atoms with Gasteiger partial charge in [0.15, 0.2) is 5.82 Å². The summed E-state index contributed by atoms with van der Waals surface area (Å²) in [5, 5.41) is 8.09. The quantitative estimate of drug-likeness (QED) is 0.186. The van der Waals surface area contributed by atoms with Gasteiger partial charge in [-0.3, -0.25) is 0 Å². The van der Waals surface area contributed by atoms with E-state index in [1.165, 1.54) is 37.4 Å². The van der Waals surface area contributed by atoms with Crippen LogP contribution in [0.1, 0.15) is 0 Å². The minimum atomic E-state index is 0.719. The van der Waals surface area contributed by atoms with E-state index >= 15 is 0 Å². The van der Waals surface area contributed by atoms with Crippen LogP contribution in [-0.4, -0.2) is 9.97 Å². The van der Waals surface area contributed by atoms with E-state index in [4.69, 9.17) is 14.4 Å². The third-order valence-corrected chi connectivity index (χ3v) is 11.4. The second-order valence-corrected chi connectivity index (χ2v) is 14.4. The fourth-order valence-corrected chi connectivity index (χ4v) is 8.81. The summed E-state index contributed by atoms with van der Waals surface area (Å²) in [6.45, 7) is 0. The zero-order valence-electron chi connectivity index (χ0n) is 27.9. The molecule has 0 unspecified atom stereocenters.